The zero-order valence-electron chi connectivity index (χ0n) is 44.2. The highest BCUT2D eigenvalue weighted by molar-refractivity contribution is 5.69. The maximum Gasteiger partial charge on any atom is 0.306 e. The van der Waals surface area contributed by atoms with Gasteiger partial charge in [0.15, 0.2) is 6.29 Å². The first kappa shape index (κ1) is 64.9. The summed E-state index contributed by atoms with van der Waals surface area (Å²) in [5.41, 5.74) is 0. The van der Waals surface area contributed by atoms with Crippen LogP contribution in [0.3, 0.4) is 0 Å². The van der Waals surface area contributed by atoms with Gasteiger partial charge in [0.1, 0.15) is 30.5 Å². The topological polar surface area (TPSA) is 135 Å². The van der Waals surface area contributed by atoms with E-state index in [9.17, 15) is 25.2 Å². The van der Waals surface area contributed by atoms with Gasteiger partial charge in [0.25, 0.3) is 0 Å². The molecule has 1 aliphatic heterocycles. The Morgan fingerprint density at radius 3 is 1.31 bits per heavy atom. The number of esters is 1. The largest absolute Gasteiger partial charge is 0.457 e. The number of allylic oxidation sites excluding steroid dienone is 18. The number of ether oxygens (including phenoxy) is 4. The number of hydrogen-bond donors (Lipinski definition) is 4. The second-order valence-electron chi connectivity index (χ2n) is 18.6. The molecule has 6 atom stereocenters. The van der Waals surface area contributed by atoms with Crippen LogP contribution in [0.2, 0.25) is 0 Å². The minimum absolute atomic E-state index is 0.113. The maximum absolute atomic E-state index is 12.9. The summed E-state index contributed by atoms with van der Waals surface area (Å²) in [4.78, 5) is 12.9. The van der Waals surface area contributed by atoms with Crippen molar-refractivity contribution in [1.29, 1.82) is 0 Å². The minimum atomic E-state index is -1.55. The molecule has 1 rings (SSSR count). The van der Waals surface area contributed by atoms with Crippen LogP contribution in [0.15, 0.2) is 109 Å². The summed E-state index contributed by atoms with van der Waals surface area (Å²) < 4.78 is 22.9. The lowest BCUT2D eigenvalue weighted by Crippen LogP contribution is -2.59. The van der Waals surface area contributed by atoms with Crippen molar-refractivity contribution in [3.05, 3.63) is 109 Å². The molecular weight excluding hydrogens is 877 g/mol. The van der Waals surface area contributed by atoms with Gasteiger partial charge < -0.3 is 39.4 Å². The van der Waals surface area contributed by atoms with Crippen molar-refractivity contribution in [1.82, 2.24) is 0 Å². The number of carbonyl (C=O) groups excluding carboxylic acids is 1. The Kier molecular flexibility index (Phi) is 47.1. The molecule has 400 valence electrons. The first-order chi connectivity index (χ1) is 34.4. The highest BCUT2D eigenvalue weighted by Crippen LogP contribution is 2.23. The number of unbranched alkanes of at least 4 members (excludes halogenated alkanes) is 18. The summed E-state index contributed by atoms with van der Waals surface area (Å²) in [6, 6.07) is 0. The Hall–Kier alpha value is -3.15. The predicted octanol–water partition coefficient (Wildman–Crippen LogP) is 14.5. The van der Waals surface area contributed by atoms with E-state index in [2.05, 4.69) is 123 Å². The van der Waals surface area contributed by atoms with Crippen LogP contribution in [-0.4, -0.2) is 89.6 Å². The van der Waals surface area contributed by atoms with Gasteiger partial charge in [0, 0.05) is 13.0 Å². The van der Waals surface area contributed by atoms with Gasteiger partial charge in [0.2, 0.25) is 0 Å². The Morgan fingerprint density at radius 2 is 0.871 bits per heavy atom. The van der Waals surface area contributed by atoms with Gasteiger partial charge in [-0.2, -0.15) is 0 Å². The van der Waals surface area contributed by atoms with Crippen molar-refractivity contribution in [3.8, 4) is 0 Å². The fraction of sp³-hybridized carbons (Fsp3) is 0.689. The van der Waals surface area contributed by atoms with Crippen molar-refractivity contribution < 1.29 is 44.2 Å². The molecule has 0 aromatic carbocycles. The molecule has 0 spiro atoms. The number of aliphatic hydroxyl groups is 4. The summed E-state index contributed by atoms with van der Waals surface area (Å²) in [6.45, 7) is 4.34. The first-order valence-electron chi connectivity index (χ1n) is 28.0. The van der Waals surface area contributed by atoms with Crippen LogP contribution < -0.4 is 0 Å². The number of carbonyl (C=O) groups is 1. The quantitative estimate of drug-likeness (QED) is 0.0267. The van der Waals surface area contributed by atoms with Crippen LogP contribution in [0, 0.1) is 0 Å². The van der Waals surface area contributed by atoms with E-state index in [0.717, 1.165) is 96.3 Å². The standard InChI is InChI=1S/C61H102O9/c1-3-5-7-9-11-13-15-17-19-21-23-25-27-28-29-30-32-34-36-38-40-42-44-46-48-50-57(63)69-55(54-68-61-60(66)59(65)58(64)56(52-62)70-61)53-67-51-49-47-45-43-41-39-37-35-33-31-26-24-22-20-18-16-14-12-10-8-6-4-2/h6,8,12,14-15,17-18,20-21,23-24,26-28,33,35,39,41,55-56,58-62,64-66H,3-5,7,9-11,13,16,19,22,25,29-32,34,36-38,40,42-54H2,1-2H3/b8-6-,14-12-,17-15-,20-18-,23-21-,26-24-,28-27-,35-33-,41-39-. The van der Waals surface area contributed by atoms with E-state index in [4.69, 9.17) is 18.9 Å². The van der Waals surface area contributed by atoms with Crippen molar-refractivity contribution in [2.24, 2.45) is 0 Å². The summed E-state index contributed by atoms with van der Waals surface area (Å²) in [7, 11) is 0. The molecule has 1 aliphatic rings. The summed E-state index contributed by atoms with van der Waals surface area (Å²) >= 11 is 0. The lowest BCUT2D eigenvalue weighted by atomic mass is 9.99. The van der Waals surface area contributed by atoms with Crippen LogP contribution in [0.5, 0.6) is 0 Å². The zero-order chi connectivity index (χ0) is 50.6. The zero-order valence-corrected chi connectivity index (χ0v) is 44.2. The van der Waals surface area contributed by atoms with Crippen LogP contribution in [0.1, 0.15) is 206 Å². The van der Waals surface area contributed by atoms with E-state index in [0.29, 0.717) is 13.0 Å². The fourth-order valence-corrected chi connectivity index (χ4v) is 7.85. The van der Waals surface area contributed by atoms with Crippen molar-refractivity contribution in [3.63, 3.8) is 0 Å². The van der Waals surface area contributed by atoms with E-state index < -0.39 is 43.4 Å². The van der Waals surface area contributed by atoms with Crippen molar-refractivity contribution in [2.45, 2.75) is 243 Å². The average Bonchev–Trinajstić information content (AvgIpc) is 3.36. The van der Waals surface area contributed by atoms with Gasteiger partial charge in [0.05, 0.1) is 19.8 Å². The molecule has 70 heavy (non-hydrogen) atoms. The highest BCUT2D eigenvalue weighted by Gasteiger charge is 2.44. The van der Waals surface area contributed by atoms with E-state index in [1.54, 1.807) is 0 Å². The molecule has 9 nitrogen and oxygen atoms in total. The van der Waals surface area contributed by atoms with Crippen LogP contribution in [0.25, 0.3) is 0 Å². The molecule has 0 saturated carbocycles. The third-order valence-electron chi connectivity index (χ3n) is 12.2. The van der Waals surface area contributed by atoms with E-state index in [1.807, 2.05) is 0 Å². The number of hydrogen-bond acceptors (Lipinski definition) is 9. The molecule has 1 saturated heterocycles. The Labute approximate surface area is 427 Å². The summed E-state index contributed by atoms with van der Waals surface area (Å²) in [5, 5.41) is 40.3. The minimum Gasteiger partial charge on any atom is -0.457 e. The van der Waals surface area contributed by atoms with E-state index in [-0.39, 0.29) is 19.2 Å². The van der Waals surface area contributed by atoms with Gasteiger partial charge in [-0.1, -0.05) is 207 Å². The summed E-state index contributed by atoms with van der Waals surface area (Å²) in [6.07, 6.45) is 65.5. The second-order valence-corrected chi connectivity index (χ2v) is 18.6. The Morgan fingerprint density at radius 1 is 0.471 bits per heavy atom. The predicted molar refractivity (Wildman–Crippen MR) is 293 cm³/mol. The molecular formula is C61H102O9. The first-order valence-corrected chi connectivity index (χ1v) is 28.0. The monoisotopic (exact) mass is 979 g/mol. The lowest BCUT2D eigenvalue weighted by molar-refractivity contribution is -0.305. The van der Waals surface area contributed by atoms with Crippen LogP contribution in [-0.2, 0) is 23.7 Å². The van der Waals surface area contributed by atoms with Gasteiger partial charge in [-0.25, -0.2) is 0 Å². The molecule has 0 bridgehead atoms. The molecule has 6 unspecified atom stereocenters. The van der Waals surface area contributed by atoms with Gasteiger partial charge in [-0.15, -0.1) is 0 Å². The smallest absolute Gasteiger partial charge is 0.306 e. The molecule has 1 fully saturated rings. The molecule has 0 aromatic heterocycles. The van der Waals surface area contributed by atoms with E-state index in [1.165, 1.54) is 89.9 Å². The Bertz CT molecular complexity index is 1440. The van der Waals surface area contributed by atoms with Crippen molar-refractivity contribution >= 4 is 5.97 Å². The lowest BCUT2D eigenvalue weighted by Gasteiger charge is -2.39. The van der Waals surface area contributed by atoms with Crippen molar-refractivity contribution in [2.75, 3.05) is 26.4 Å². The maximum atomic E-state index is 12.9. The van der Waals surface area contributed by atoms with Crippen LogP contribution >= 0.6 is 0 Å². The molecule has 0 radical (unpaired) electrons. The number of aliphatic hydroxyl groups excluding tert-OH is 4. The average molecular weight is 979 g/mol. The molecule has 0 amide bonds. The highest BCUT2D eigenvalue weighted by atomic mass is 16.7. The third kappa shape index (κ3) is 40.4. The molecule has 1 heterocycles. The second kappa shape index (κ2) is 50.8. The SMILES string of the molecule is CC/C=C\C/C=C\C/C=C\C/C=C\C/C=C\C/C=C\CCCCCOCC(COC1OC(CO)C(O)C(O)C1O)OC(=O)CCCCCCCCCCCC/C=C\C/C=C\C/C=C\CCCCCCC. The Balaban J connectivity index is 2.22. The molecule has 0 aromatic rings. The normalized spacial score (nSPS) is 19.8. The van der Waals surface area contributed by atoms with Gasteiger partial charge >= 0.3 is 5.97 Å². The van der Waals surface area contributed by atoms with Crippen LogP contribution in [0.4, 0.5) is 0 Å². The fourth-order valence-electron chi connectivity index (χ4n) is 7.85. The third-order valence-corrected chi connectivity index (χ3v) is 12.2. The molecule has 4 N–H and O–H groups in total. The van der Waals surface area contributed by atoms with E-state index >= 15 is 0 Å². The summed E-state index contributed by atoms with van der Waals surface area (Å²) in [5.74, 6) is -0.333. The molecule has 0 aliphatic carbocycles. The van der Waals surface area contributed by atoms with Gasteiger partial charge in [-0.05, 0) is 103 Å². The number of rotatable bonds is 47. The molecule has 9 heteroatoms. The van der Waals surface area contributed by atoms with Gasteiger partial charge in [-0.3, -0.25) is 4.79 Å².